The van der Waals surface area contributed by atoms with Crippen LogP contribution >= 0.6 is 0 Å². The van der Waals surface area contributed by atoms with E-state index >= 15 is 0 Å². The van der Waals surface area contributed by atoms with Crippen molar-refractivity contribution in [2.24, 2.45) is 5.92 Å². The van der Waals surface area contributed by atoms with Crippen molar-refractivity contribution in [3.05, 3.63) is 35.4 Å². The number of amides is 1. The van der Waals surface area contributed by atoms with Crippen LogP contribution in [0.1, 0.15) is 45.2 Å². The maximum atomic E-state index is 12.1. The second-order valence-electron chi connectivity index (χ2n) is 5.85. The summed E-state index contributed by atoms with van der Waals surface area (Å²) < 4.78 is 0. The van der Waals surface area contributed by atoms with Gasteiger partial charge in [-0.15, -0.1) is 0 Å². The minimum atomic E-state index is 0.200. The third-order valence-corrected chi connectivity index (χ3v) is 3.67. The zero-order valence-corrected chi connectivity index (χ0v) is 12.9. The Balaban J connectivity index is 2.60. The summed E-state index contributed by atoms with van der Waals surface area (Å²) in [4.78, 5) is 14.0. The van der Waals surface area contributed by atoms with Crippen molar-refractivity contribution < 1.29 is 4.79 Å². The molecule has 0 N–H and O–H groups in total. The van der Waals surface area contributed by atoms with E-state index in [0.717, 1.165) is 18.4 Å². The minimum absolute atomic E-state index is 0.200. The summed E-state index contributed by atoms with van der Waals surface area (Å²) in [7, 11) is 1.89. The maximum Gasteiger partial charge on any atom is 0.226 e. The minimum Gasteiger partial charge on any atom is -0.343 e. The Labute approximate surface area is 117 Å². The quantitative estimate of drug-likeness (QED) is 0.765. The van der Waals surface area contributed by atoms with Gasteiger partial charge in [-0.3, -0.25) is 4.79 Å². The molecule has 0 aliphatic rings. The molecule has 2 nitrogen and oxygen atoms in total. The van der Waals surface area contributed by atoms with E-state index in [0.29, 0.717) is 18.4 Å². The number of rotatable bonds is 6. The van der Waals surface area contributed by atoms with Crippen molar-refractivity contribution in [2.45, 2.75) is 53.0 Å². The Morgan fingerprint density at radius 2 is 1.63 bits per heavy atom. The molecule has 0 bridgehead atoms. The Hall–Kier alpha value is -1.31. The summed E-state index contributed by atoms with van der Waals surface area (Å²) in [5.74, 6) is 0.870. The molecule has 1 aromatic carbocycles. The van der Waals surface area contributed by atoms with Gasteiger partial charge in [-0.05, 0) is 36.8 Å². The topological polar surface area (TPSA) is 20.3 Å². The van der Waals surface area contributed by atoms with Crippen LogP contribution in [0.25, 0.3) is 0 Å². The van der Waals surface area contributed by atoms with E-state index < -0.39 is 0 Å². The summed E-state index contributed by atoms with van der Waals surface area (Å²) in [6, 6.07) is 8.77. The highest BCUT2D eigenvalue weighted by Crippen LogP contribution is 2.11. The summed E-state index contributed by atoms with van der Waals surface area (Å²) in [6.07, 6.45) is 2.60. The molecule has 1 atom stereocenters. The van der Waals surface area contributed by atoms with Gasteiger partial charge in [0, 0.05) is 13.1 Å². The summed E-state index contributed by atoms with van der Waals surface area (Å²) in [5.41, 5.74) is 2.45. The lowest BCUT2D eigenvalue weighted by atomic mass is 10.0. The lowest BCUT2D eigenvalue weighted by molar-refractivity contribution is -0.130. The third kappa shape index (κ3) is 5.06. The second-order valence-corrected chi connectivity index (χ2v) is 5.85. The van der Waals surface area contributed by atoms with Crippen molar-refractivity contribution in [1.82, 2.24) is 4.90 Å². The Morgan fingerprint density at radius 3 is 2.11 bits per heavy atom. The van der Waals surface area contributed by atoms with Gasteiger partial charge in [0.2, 0.25) is 5.91 Å². The first kappa shape index (κ1) is 15.7. The lowest BCUT2D eigenvalue weighted by Gasteiger charge is -2.23. The highest BCUT2D eigenvalue weighted by Gasteiger charge is 2.14. The fourth-order valence-electron chi connectivity index (χ4n) is 2.08. The molecule has 0 aromatic heterocycles. The predicted molar refractivity (Wildman–Crippen MR) is 81.2 cm³/mol. The molecule has 0 heterocycles. The van der Waals surface area contributed by atoms with E-state index in [-0.39, 0.29) is 5.91 Å². The number of hydrogen-bond acceptors (Lipinski definition) is 1. The largest absolute Gasteiger partial charge is 0.343 e. The monoisotopic (exact) mass is 261 g/mol. The number of benzene rings is 1. The van der Waals surface area contributed by atoms with Crippen molar-refractivity contribution in [1.29, 1.82) is 0 Å². The molecule has 0 aliphatic carbocycles. The third-order valence-electron chi connectivity index (χ3n) is 3.67. The smallest absolute Gasteiger partial charge is 0.226 e. The summed E-state index contributed by atoms with van der Waals surface area (Å²) >= 11 is 0. The molecule has 0 spiro atoms. The summed E-state index contributed by atoms with van der Waals surface area (Å²) in [5, 5.41) is 0. The van der Waals surface area contributed by atoms with Crippen LogP contribution in [-0.2, 0) is 17.6 Å². The van der Waals surface area contributed by atoms with Gasteiger partial charge in [0.25, 0.3) is 0 Å². The van der Waals surface area contributed by atoms with E-state index in [1.807, 2.05) is 11.9 Å². The van der Waals surface area contributed by atoms with Gasteiger partial charge in [0.15, 0.2) is 0 Å². The second kappa shape index (κ2) is 7.32. The zero-order valence-electron chi connectivity index (χ0n) is 12.9. The molecule has 0 aliphatic heterocycles. The molecule has 1 rings (SSSR count). The average Bonchev–Trinajstić information content (AvgIpc) is 2.38. The first-order chi connectivity index (χ1) is 8.93. The number of carbonyl (C=O) groups is 1. The van der Waals surface area contributed by atoms with Crippen LogP contribution in [0.2, 0.25) is 0 Å². The van der Waals surface area contributed by atoms with Crippen LogP contribution in [0.3, 0.4) is 0 Å². The molecule has 0 saturated heterocycles. The molecular weight excluding hydrogens is 234 g/mol. The molecule has 106 valence electrons. The number of carbonyl (C=O) groups excluding carboxylic acids is 1. The molecular formula is C17H27NO. The number of hydrogen-bond donors (Lipinski definition) is 0. The molecule has 19 heavy (non-hydrogen) atoms. The molecule has 1 amide bonds. The number of nitrogens with zero attached hydrogens (tertiary/aromatic N) is 1. The van der Waals surface area contributed by atoms with Crippen LogP contribution in [-0.4, -0.2) is 23.9 Å². The first-order valence-electron chi connectivity index (χ1n) is 7.27. The molecule has 1 aromatic rings. The molecule has 0 radical (unpaired) electrons. The standard InChI is InChI=1S/C17H27NO/c1-6-14(4)18(5)17(19)12-16-9-7-15(8-10-16)11-13(2)3/h7-10,13-14H,6,11-12H2,1-5H3. The van der Waals surface area contributed by atoms with Crippen LogP contribution < -0.4 is 0 Å². The fourth-order valence-corrected chi connectivity index (χ4v) is 2.08. The molecule has 0 saturated carbocycles. The highest BCUT2D eigenvalue weighted by atomic mass is 16.2. The van der Waals surface area contributed by atoms with Gasteiger partial charge < -0.3 is 4.90 Å². The van der Waals surface area contributed by atoms with E-state index in [1.165, 1.54) is 5.56 Å². The Bertz CT molecular complexity index is 394. The molecule has 0 fully saturated rings. The average molecular weight is 261 g/mol. The Kier molecular flexibility index (Phi) is 6.07. The van der Waals surface area contributed by atoms with E-state index in [1.54, 1.807) is 0 Å². The van der Waals surface area contributed by atoms with Crippen LogP contribution in [0.5, 0.6) is 0 Å². The Morgan fingerprint density at radius 1 is 1.11 bits per heavy atom. The van der Waals surface area contributed by atoms with E-state index in [9.17, 15) is 4.79 Å². The van der Waals surface area contributed by atoms with Crippen molar-refractivity contribution in [3.63, 3.8) is 0 Å². The fraction of sp³-hybridized carbons (Fsp3) is 0.588. The van der Waals surface area contributed by atoms with Gasteiger partial charge >= 0.3 is 0 Å². The maximum absolute atomic E-state index is 12.1. The molecule has 2 heteroatoms. The predicted octanol–water partition coefficient (Wildman–Crippen LogP) is 3.68. The van der Waals surface area contributed by atoms with Gasteiger partial charge in [-0.2, -0.15) is 0 Å². The van der Waals surface area contributed by atoms with Crippen molar-refractivity contribution in [2.75, 3.05) is 7.05 Å². The van der Waals surface area contributed by atoms with Gasteiger partial charge in [0.05, 0.1) is 6.42 Å². The van der Waals surface area contributed by atoms with Crippen LogP contribution in [0.4, 0.5) is 0 Å². The SMILES string of the molecule is CCC(C)N(C)C(=O)Cc1ccc(CC(C)C)cc1. The summed E-state index contributed by atoms with van der Waals surface area (Å²) in [6.45, 7) is 8.63. The highest BCUT2D eigenvalue weighted by molar-refractivity contribution is 5.78. The van der Waals surface area contributed by atoms with Crippen LogP contribution in [0, 0.1) is 5.92 Å². The number of likely N-dealkylation sites (N-methyl/N-ethyl adjacent to an activating group) is 1. The van der Waals surface area contributed by atoms with Crippen LogP contribution in [0.15, 0.2) is 24.3 Å². The molecule has 1 unspecified atom stereocenters. The zero-order chi connectivity index (χ0) is 14.4. The van der Waals surface area contributed by atoms with Crippen molar-refractivity contribution in [3.8, 4) is 0 Å². The van der Waals surface area contributed by atoms with Gasteiger partial charge in [-0.25, -0.2) is 0 Å². The van der Waals surface area contributed by atoms with E-state index in [4.69, 9.17) is 0 Å². The van der Waals surface area contributed by atoms with Crippen molar-refractivity contribution >= 4 is 5.91 Å². The van der Waals surface area contributed by atoms with Gasteiger partial charge in [-0.1, -0.05) is 45.0 Å². The normalized spacial score (nSPS) is 12.5. The lowest BCUT2D eigenvalue weighted by Crippen LogP contribution is -2.35. The van der Waals surface area contributed by atoms with Gasteiger partial charge in [0.1, 0.15) is 0 Å². The van der Waals surface area contributed by atoms with E-state index in [2.05, 4.69) is 52.0 Å². The first-order valence-corrected chi connectivity index (χ1v) is 7.27.